The molecule has 260 valence electrons. The first-order chi connectivity index (χ1) is 22.5. The molecular weight excluding hydrogens is 618 g/mol. The molecule has 0 bridgehead atoms. The lowest BCUT2D eigenvalue weighted by molar-refractivity contribution is -0.148. The number of hydrogen-bond acceptors (Lipinski definition) is 11. The molecule has 1 aromatic carbocycles. The minimum Gasteiger partial charge on any atom is -0.510 e. The lowest BCUT2D eigenvalue weighted by Crippen LogP contribution is -2.63. The number of nitrogens with two attached hydrogens (primary N) is 1. The predicted octanol–water partition coefficient (Wildman–Crippen LogP) is 2.03. The van der Waals surface area contributed by atoms with Crippen molar-refractivity contribution in [1.29, 1.82) is 0 Å². The van der Waals surface area contributed by atoms with Crippen LogP contribution in [-0.2, 0) is 20.8 Å². The van der Waals surface area contributed by atoms with Crippen LogP contribution in [0, 0.1) is 23.2 Å². The summed E-state index contributed by atoms with van der Waals surface area (Å²) in [6.45, 7) is 4.47. The third-order valence-corrected chi connectivity index (χ3v) is 11.4. The molecule has 5 aliphatic rings. The Kier molecular flexibility index (Phi) is 8.40. The number of carbonyl (C=O) groups is 4. The molecule has 7 N–H and O–H groups in total. The zero-order valence-electron chi connectivity index (χ0n) is 28.3. The molecule has 1 saturated carbocycles. The second kappa shape index (κ2) is 11.9. The maximum Gasteiger partial charge on any atom is 0.255 e. The van der Waals surface area contributed by atoms with Crippen LogP contribution in [0.15, 0.2) is 28.7 Å². The summed E-state index contributed by atoms with van der Waals surface area (Å²) < 4.78 is 0. The largest absolute Gasteiger partial charge is 0.510 e. The van der Waals surface area contributed by atoms with Gasteiger partial charge in [0.25, 0.3) is 5.91 Å². The molecule has 2 fully saturated rings. The van der Waals surface area contributed by atoms with Gasteiger partial charge in [-0.1, -0.05) is 26.2 Å². The second-order valence-corrected chi connectivity index (χ2v) is 15.3. The van der Waals surface area contributed by atoms with Gasteiger partial charge in [0.05, 0.1) is 23.2 Å². The van der Waals surface area contributed by atoms with E-state index in [4.69, 9.17) is 5.73 Å². The first-order valence-corrected chi connectivity index (χ1v) is 16.7. The van der Waals surface area contributed by atoms with Crippen LogP contribution in [-0.4, -0.2) is 113 Å². The van der Waals surface area contributed by atoms with Crippen LogP contribution < -0.4 is 16.0 Å². The van der Waals surface area contributed by atoms with Crippen molar-refractivity contribution in [3.8, 4) is 5.75 Å². The standard InChI is InChI=1S/C35H47N5O8/c1-34(9-7-6-8-10-34)16-40-14-18(15-40)33(47)37-21-13-22(38(2)3)19-11-17-12-20-26(39(4)5)29(43)25(32(36)46)31(45)35(20,48)30(44)23(17)28(42)24(19)27(21)41/h13,17-18,20,26,41,43-44,48H,6-12,14-16H2,1-5H3,(H2,36,46)(H,37,47)/t17-,20?,26-,35-/m0/s1. The number of carbonyl (C=O) groups excluding carboxylic acids is 4. The van der Waals surface area contributed by atoms with Gasteiger partial charge in [-0.25, -0.2) is 0 Å². The molecule has 13 nitrogen and oxygen atoms in total. The molecule has 2 amide bonds. The number of rotatable bonds is 7. The van der Waals surface area contributed by atoms with Crippen molar-refractivity contribution >= 4 is 34.8 Å². The van der Waals surface area contributed by atoms with Crippen molar-refractivity contribution in [2.75, 3.05) is 58.0 Å². The summed E-state index contributed by atoms with van der Waals surface area (Å²) in [4.78, 5) is 59.1. The second-order valence-electron chi connectivity index (χ2n) is 15.3. The number of likely N-dealkylation sites (tertiary alicyclic amines) is 1. The summed E-state index contributed by atoms with van der Waals surface area (Å²) in [7, 11) is 6.72. The minimum absolute atomic E-state index is 0.00486. The van der Waals surface area contributed by atoms with E-state index in [2.05, 4.69) is 17.1 Å². The van der Waals surface area contributed by atoms with E-state index >= 15 is 0 Å². The Morgan fingerprint density at radius 2 is 1.71 bits per heavy atom. The number of Topliss-reactive ketones (excluding diaryl/α,β-unsaturated/α-hetero) is 2. The maximum atomic E-state index is 14.3. The molecule has 0 radical (unpaired) electrons. The topological polar surface area (TPSA) is 197 Å². The summed E-state index contributed by atoms with van der Waals surface area (Å²) in [5.74, 6) is -7.73. The quantitative estimate of drug-likeness (QED) is 0.184. The van der Waals surface area contributed by atoms with Crippen molar-refractivity contribution in [1.82, 2.24) is 9.80 Å². The Bertz CT molecular complexity index is 1650. The summed E-state index contributed by atoms with van der Waals surface area (Å²) in [6, 6.07) is 0.565. The molecule has 1 aromatic rings. The number of phenols is 1. The number of aliphatic hydroxyl groups is 3. The van der Waals surface area contributed by atoms with E-state index in [0.717, 1.165) is 6.54 Å². The van der Waals surface area contributed by atoms with Crippen molar-refractivity contribution in [3.05, 3.63) is 39.9 Å². The molecule has 6 rings (SSSR count). The van der Waals surface area contributed by atoms with Gasteiger partial charge in [0.1, 0.15) is 17.1 Å². The molecule has 48 heavy (non-hydrogen) atoms. The van der Waals surface area contributed by atoms with E-state index in [9.17, 15) is 39.6 Å². The van der Waals surface area contributed by atoms with E-state index < -0.39 is 63.8 Å². The fourth-order valence-electron chi connectivity index (χ4n) is 9.00. The van der Waals surface area contributed by atoms with Crippen LogP contribution in [0.1, 0.15) is 61.4 Å². The molecule has 1 saturated heterocycles. The van der Waals surface area contributed by atoms with E-state index in [0.29, 0.717) is 24.3 Å². The van der Waals surface area contributed by atoms with Gasteiger partial charge < -0.3 is 41.3 Å². The van der Waals surface area contributed by atoms with Gasteiger partial charge in [-0.2, -0.15) is 0 Å². The van der Waals surface area contributed by atoms with Crippen molar-refractivity contribution in [3.63, 3.8) is 0 Å². The van der Waals surface area contributed by atoms with Gasteiger partial charge in [-0.05, 0) is 62.7 Å². The number of primary amides is 1. The monoisotopic (exact) mass is 665 g/mol. The Labute approximate surface area is 280 Å². The molecule has 4 atom stereocenters. The Hall–Kier alpha value is -3.94. The van der Waals surface area contributed by atoms with Crippen molar-refractivity contribution < 1.29 is 39.6 Å². The number of anilines is 2. The Balaban J connectivity index is 1.32. The fraction of sp³-hybridized carbons (Fsp3) is 0.600. The number of aliphatic hydroxyl groups excluding tert-OH is 2. The summed E-state index contributed by atoms with van der Waals surface area (Å²) in [6.07, 6.45) is 6.26. The number of amides is 2. The zero-order chi connectivity index (χ0) is 35.0. The minimum atomic E-state index is -2.72. The third-order valence-electron chi connectivity index (χ3n) is 11.4. The number of hydrogen-bond donors (Lipinski definition) is 6. The SMILES string of the molecule is CN(C)c1cc(NC(=O)C2CN(CC3(C)CCCCC3)C2)c(O)c2c1C[C@H]1CC3[C@H](N(C)C)C(O)=C(C(N)=O)C(=O)[C@@]3(O)C(O)=C1C2=O. The number of nitrogens with one attached hydrogen (secondary N) is 1. The summed E-state index contributed by atoms with van der Waals surface area (Å²) in [5, 5.41) is 48.8. The molecule has 13 heteroatoms. The van der Waals surface area contributed by atoms with E-state index in [1.165, 1.54) is 37.0 Å². The normalized spacial score (nSPS) is 28.9. The van der Waals surface area contributed by atoms with Crippen LogP contribution >= 0.6 is 0 Å². The molecule has 1 unspecified atom stereocenters. The molecular formula is C35H47N5O8. The number of likely N-dealkylation sites (N-methyl/N-ethyl adjacent to an activating group) is 1. The van der Waals surface area contributed by atoms with Crippen molar-refractivity contribution in [2.45, 2.75) is 63.5 Å². The lowest BCUT2D eigenvalue weighted by Gasteiger charge is -2.50. The third kappa shape index (κ3) is 5.17. The van der Waals surface area contributed by atoms with Crippen LogP contribution in [0.25, 0.3) is 0 Å². The summed E-state index contributed by atoms with van der Waals surface area (Å²) >= 11 is 0. The van der Waals surface area contributed by atoms with Gasteiger partial charge in [-0.3, -0.25) is 24.1 Å². The van der Waals surface area contributed by atoms with E-state index in [1.807, 2.05) is 0 Å². The highest BCUT2D eigenvalue weighted by Gasteiger charge is 2.63. The number of aromatic hydroxyl groups is 1. The number of nitrogens with zero attached hydrogens (tertiary/aromatic N) is 3. The molecule has 4 aliphatic carbocycles. The van der Waals surface area contributed by atoms with E-state index in [1.54, 1.807) is 39.2 Å². The van der Waals surface area contributed by atoms with Gasteiger partial charge in [-0.15, -0.1) is 0 Å². The molecule has 0 spiro atoms. The molecule has 1 heterocycles. The highest BCUT2D eigenvalue weighted by atomic mass is 16.3. The van der Waals surface area contributed by atoms with Gasteiger partial charge >= 0.3 is 0 Å². The highest BCUT2D eigenvalue weighted by Crippen LogP contribution is 2.54. The van der Waals surface area contributed by atoms with E-state index in [-0.39, 0.29) is 46.9 Å². The average Bonchev–Trinajstić information content (AvgIpc) is 2.97. The molecule has 0 aromatic heterocycles. The first kappa shape index (κ1) is 33.9. The first-order valence-electron chi connectivity index (χ1n) is 16.7. The van der Waals surface area contributed by atoms with Crippen LogP contribution in [0.2, 0.25) is 0 Å². The molecule has 1 aliphatic heterocycles. The van der Waals surface area contributed by atoms with Crippen molar-refractivity contribution in [2.24, 2.45) is 28.9 Å². The Morgan fingerprint density at radius 1 is 1.06 bits per heavy atom. The average molecular weight is 666 g/mol. The van der Waals surface area contributed by atoms with Crippen LogP contribution in [0.3, 0.4) is 0 Å². The fourth-order valence-corrected chi connectivity index (χ4v) is 9.00. The maximum absolute atomic E-state index is 14.3. The number of fused-ring (bicyclic) bond motifs is 3. The Morgan fingerprint density at radius 3 is 2.29 bits per heavy atom. The number of allylic oxidation sites excluding steroid dienone is 1. The number of benzene rings is 1. The van der Waals surface area contributed by atoms with Gasteiger partial charge in [0.15, 0.2) is 17.1 Å². The number of ketones is 2. The highest BCUT2D eigenvalue weighted by molar-refractivity contribution is 6.25. The van der Waals surface area contributed by atoms with Gasteiger partial charge in [0, 0.05) is 50.9 Å². The van der Waals surface area contributed by atoms with Gasteiger partial charge in [0.2, 0.25) is 11.7 Å². The van der Waals surface area contributed by atoms with Crippen LogP contribution in [0.4, 0.5) is 11.4 Å². The predicted molar refractivity (Wildman–Crippen MR) is 178 cm³/mol. The number of phenolic OH excluding ortho intramolecular Hbond substituents is 1. The summed E-state index contributed by atoms with van der Waals surface area (Å²) in [5.41, 5.74) is 2.84. The lowest BCUT2D eigenvalue weighted by atomic mass is 9.58. The smallest absolute Gasteiger partial charge is 0.255 e. The van der Waals surface area contributed by atoms with Crippen LogP contribution in [0.5, 0.6) is 5.75 Å². The zero-order valence-corrected chi connectivity index (χ0v) is 28.3.